The molecule has 0 aromatic heterocycles. The van der Waals surface area contributed by atoms with Gasteiger partial charge in [0.25, 0.3) is 0 Å². The van der Waals surface area contributed by atoms with Crippen LogP contribution >= 0.6 is 0 Å². The quantitative estimate of drug-likeness (QED) is 0.763. The van der Waals surface area contributed by atoms with E-state index in [9.17, 15) is 0 Å². The predicted molar refractivity (Wildman–Crippen MR) is 77.4 cm³/mol. The van der Waals surface area contributed by atoms with Gasteiger partial charge in [-0.25, -0.2) is 0 Å². The van der Waals surface area contributed by atoms with Crippen LogP contribution in [0.15, 0.2) is 18.2 Å². The molecule has 3 N–H and O–H groups in total. The summed E-state index contributed by atoms with van der Waals surface area (Å²) < 4.78 is 0. The van der Waals surface area contributed by atoms with Gasteiger partial charge in [-0.05, 0) is 49.9 Å². The highest BCUT2D eigenvalue weighted by molar-refractivity contribution is 5.63. The second-order valence-electron chi connectivity index (χ2n) is 5.41. The largest absolute Gasteiger partial charge is 0.385 e. The van der Waals surface area contributed by atoms with E-state index in [1.54, 1.807) is 0 Å². The van der Waals surface area contributed by atoms with Crippen LogP contribution < -0.4 is 16.0 Å². The van der Waals surface area contributed by atoms with Crippen LogP contribution in [-0.2, 0) is 6.42 Å². The standard InChI is InChI=1S/C15H23N3/c1-2-8-16-13(3-1)7-10-17-14-5-4-12-6-9-18-15(12)11-14/h4-5,11,13,16-18H,1-3,6-10H2. The molecule has 2 heterocycles. The van der Waals surface area contributed by atoms with Crippen LogP contribution in [0, 0.1) is 0 Å². The molecule has 0 bridgehead atoms. The molecule has 0 radical (unpaired) electrons. The van der Waals surface area contributed by atoms with Crippen LogP contribution in [0.3, 0.4) is 0 Å². The van der Waals surface area contributed by atoms with Gasteiger partial charge >= 0.3 is 0 Å². The average Bonchev–Trinajstić information content (AvgIpc) is 2.87. The average molecular weight is 245 g/mol. The molecule has 3 nitrogen and oxygen atoms in total. The molecule has 1 aromatic carbocycles. The Balaban J connectivity index is 1.48. The maximum Gasteiger partial charge on any atom is 0.0394 e. The van der Waals surface area contributed by atoms with Crippen molar-refractivity contribution in [1.82, 2.24) is 5.32 Å². The maximum absolute atomic E-state index is 3.59. The lowest BCUT2D eigenvalue weighted by atomic mass is 10.0. The molecule has 3 heteroatoms. The monoisotopic (exact) mass is 245 g/mol. The van der Waals surface area contributed by atoms with Crippen LogP contribution in [-0.4, -0.2) is 25.7 Å². The van der Waals surface area contributed by atoms with Crippen molar-refractivity contribution in [3.63, 3.8) is 0 Å². The number of anilines is 2. The molecule has 3 rings (SSSR count). The van der Waals surface area contributed by atoms with Gasteiger partial charge in [0.15, 0.2) is 0 Å². The molecule has 98 valence electrons. The molecular formula is C15H23N3. The summed E-state index contributed by atoms with van der Waals surface area (Å²) in [6.07, 6.45) is 6.47. The van der Waals surface area contributed by atoms with Gasteiger partial charge in [0.2, 0.25) is 0 Å². The first-order valence-corrected chi connectivity index (χ1v) is 7.26. The van der Waals surface area contributed by atoms with E-state index in [1.807, 2.05) is 0 Å². The Morgan fingerprint density at radius 2 is 2.22 bits per heavy atom. The second kappa shape index (κ2) is 5.61. The molecule has 0 amide bonds. The fourth-order valence-electron chi connectivity index (χ4n) is 2.96. The Labute approximate surface area is 109 Å². The predicted octanol–water partition coefficient (Wildman–Crippen LogP) is 2.60. The summed E-state index contributed by atoms with van der Waals surface area (Å²) in [6, 6.07) is 7.42. The van der Waals surface area contributed by atoms with E-state index in [2.05, 4.69) is 34.1 Å². The second-order valence-corrected chi connectivity index (χ2v) is 5.41. The van der Waals surface area contributed by atoms with Gasteiger partial charge in [-0.1, -0.05) is 12.5 Å². The van der Waals surface area contributed by atoms with Crippen molar-refractivity contribution >= 4 is 11.4 Å². The highest BCUT2D eigenvalue weighted by Crippen LogP contribution is 2.25. The number of hydrogen-bond donors (Lipinski definition) is 3. The van der Waals surface area contributed by atoms with E-state index in [-0.39, 0.29) is 0 Å². The van der Waals surface area contributed by atoms with Crippen LogP contribution in [0.5, 0.6) is 0 Å². The lowest BCUT2D eigenvalue weighted by Crippen LogP contribution is -2.35. The van der Waals surface area contributed by atoms with Gasteiger partial charge in [0, 0.05) is 30.5 Å². The molecule has 1 saturated heterocycles. The van der Waals surface area contributed by atoms with E-state index < -0.39 is 0 Å². The SMILES string of the molecule is c1cc2c(cc1NCCC1CCCCN1)NCC2. The van der Waals surface area contributed by atoms with E-state index in [1.165, 1.54) is 55.6 Å². The zero-order valence-corrected chi connectivity index (χ0v) is 11.0. The van der Waals surface area contributed by atoms with Crippen LogP contribution in [0.1, 0.15) is 31.2 Å². The smallest absolute Gasteiger partial charge is 0.0394 e. The van der Waals surface area contributed by atoms with Gasteiger partial charge in [-0.2, -0.15) is 0 Å². The Morgan fingerprint density at radius 3 is 3.11 bits per heavy atom. The Hall–Kier alpha value is -1.22. The van der Waals surface area contributed by atoms with Crippen molar-refractivity contribution in [3.8, 4) is 0 Å². The first-order chi connectivity index (χ1) is 8.92. The molecule has 0 aliphatic carbocycles. The van der Waals surface area contributed by atoms with Gasteiger partial charge in [0.05, 0.1) is 0 Å². The van der Waals surface area contributed by atoms with E-state index in [4.69, 9.17) is 0 Å². The normalized spacial score (nSPS) is 22.3. The lowest BCUT2D eigenvalue weighted by molar-refractivity contribution is 0.389. The number of piperidine rings is 1. The first kappa shape index (κ1) is 11.8. The van der Waals surface area contributed by atoms with Crippen LogP contribution in [0.2, 0.25) is 0 Å². The summed E-state index contributed by atoms with van der Waals surface area (Å²) in [6.45, 7) is 3.36. The molecular weight excluding hydrogens is 222 g/mol. The third-order valence-electron chi connectivity index (χ3n) is 4.05. The summed E-state index contributed by atoms with van der Waals surface area (Å²) in [5.41, 5.74) is 4.02. The minimum Gasteiger partial charge on any atom is -0.385 e. The van der Waals surface area contributed by atoms with Crippen molar-refractivity contribution in [2.24, 2.45) is 0 Å². The molecule has 2 aliphatic heterocycles. The Kier molecular flexibility index (Phi) is 3.69. The number of benzene rings is 1. The van der Waals surface area contributed by atoms with Crippen molar-refractivity contribution in [2.75, 3.05) is 30.3 Å². The fourth-order valence-corrected chi connectivity index (χ4v) is 2.96. The summed E-state index contributed by atoms with van der Waals surface area (Å²) >= 11 is 0. The molecule has 1 atom stereocenters. The molecule has 0 spiro atoms. The molecule has 1 unspecified atom stereocenters. The summed E-state index contributed by atoms with van der Waals surface area (Å²) in [7, 11) is 0. The van der Waals surface area contributed by atoms with Gasteiger partial charge in [0.1, 0.15) is 0 Å². The van der Waals surface area contributed by atoms with Crippen molar-refractivity contribution in [3.05, 3.63) is 23.8 Å². The number of rotatable bonds is 4. The Morgan fingerprint density at radius 1 is 1.22 bits per heavy atom. The van der Waals surface area contributed by atoms with Crippen LogP contribution in [0.25, 0.3) is 0 Å². The summed E-state index contributed by atoms with van der Waals surface area (Å²) in [5, 5.41) is 10.6. The summed E-state index contributed by atoms with van der Waals surface area (Å²) in [4.78, 5) is 0. The third-order valence-corrected chi connectivity index (χ3v) is 4.05. The summed E-state index contributed by atoms with van der Waals surface area (Å²) in [5.74, 6) is 0. The van der Waals surface area contributed by atoms with Gasteiger partial charge < -0.3 is 16.0 Å². The van der Waals surface area contributed by atoms with Crippen molar-refractivity contribution in [2.45, 2.75) is 38.1 Å². The first-order valence-electron chi connectivity index (χ1n) is 7.26. The topological polar surface area (TPSA) is 36.1 Å². The third kappa shape index (κ3) is 2.78. The number of nitrogens with one attached hydrogen (secondary N) is 3. The maximum atomic E-state index is 3.59. The number of fused-ring (bicyclic) bond motifs is 1. The van der Waals surface area contributed by atoms with E-state index >= 15 is 0 Å². The highest BCUT2D eigenvalue weighted by Gasteiger charge is 2.12. The van der Waals surface area contributed by atoms with Crippen molar-refractivity contribution < 1.29 is 0 Å². The van der Waals surface area contributed by atoms with Crippen LogP contribution in [0.4, 0.5) is 11.4 Å². The van der Waals surface area contributed by atoms with Gasteiger partial charge in [-0.3, -0.25) is 0 Å². The molecule has 0 saturated carbocycles. The fraction of sp³-hybridized carbons (Fsp3) is 0.600. The molecule has 2 aliphatic rings. The highest BCUT2D eigenvalue weighted by atomic mass is 14.9. The zero-order chi connectivity index (χ0) is 12.2. The number of hydrogen-bond acceptors (Lipinski definition) is 3. The van der Waals surface area contributed by atoms with E-state index in [0.29, 0.717) is 0 Å². The lowest BCUT2D eigenvalue weighted by Gasteiger charge is -2.23. The molecule has 1 fully saturated rings. The van der Waals surface area contributed by atoms with E-state index in [0.717, 1.165) is 19.1 Å². The minimum atomic E-state index is 0.721. The Bertz CT molecular complexity index is 397. The minimum absolute atomic E-state index is 0.721. The molecule has 1 aromatic rings. The van der Waals surface area contributed by atoms with Crippen molar-refractivity contribution in [1.29, 1.82) is 0 Å². The zero-order valence-electron chi connectivity index (χ0n) is 11.0. The molecule has 18 heavy (non-hydrogen) atoms. The van der Waals surface area contributed by atoms with Gasteiger partial charge in [-0.15, -0.1) is 0 Å².